The molecule has 1 aliphatic heterocycles. The van der Waals surface area contributed by atoms with Crippen molar-refractivity contribution in [2.45, 2.75) is 51.2 Å². The molecule has 0 aromatic heterocycles. The van der Waals surface area contributed by atoms with E-state index in [2.05, 4.69) is 42.9 Å². The van der Waals surface area contributed by atoms with Gasteiger partial charge in [0.25, 0.3) is 0 Å². The van der Waals surface area contributed by atoms with Crippen LogP contribution in [0.1, 0.15) is 33.6 Å². The van der Waals surface area contributed by atoms with Gasteiger partial charge in [-0.1, -0.05) is 13.8 Å². The number of nitrogens with zero attached hydrogens (tertiary/aromatic N) is 2. The van der Waals surface area contributed by atoms with Crippen molar-refractivity contribution in [1.82, 2.24) is 15.1 Å². The molecule has 0 aromatic rings. The molecule has 0 bridgehead atoms. The molecular formula is C15H31N3O. The Balaban J connectivity index is 1.99. The highest BCUT2D eigenvalue weighted by Crippen LogP contribution is 2.40. The largest absolute Gasteiger partial charge is 0.394 e. The van der Waals surface area contributed by atoms with E-state index >= 15 is 0 Å². The first-order chi connectivity index (χ1) is 8.97. The first-order valence-electron chi connectivity index (χ1n) is 7.78. The Morgan fingerprint density at radius 1 is 1.32 bits per heavy atom. The second-order valence-electron chi connectivity index (χ2n) is 6.95. The Morgan fingerprint density at radius 2 is 2.00 bits per heavy atom. The molecule has 1 aliphatic carbocycles. The van der Waals surface area contributed by atoms with Gasteiger partial charge in [0.15, 0.2) is 0 Å². The number of nitrogens with one attached hydrogen (secondary N) is 1. The number of aliphatic hydroxyl groups excluding tert-OH is 1. The average Bonchev–Trinajstić information content (AvgIpc) is 3.17. The molecule has 1 saturated carbocycles. The maximum Gasteiger partial charge on any atom is 0.0628 e. The molecule has 2 fully saturated rings. The highest BCUT2D eigenvalue weighted by Gasteiger charge is 2.46. The highest BCUT2D eigenvalue weighted by molar-refractivity contribution is 5.04. The molecule has 0 aromatic carbocycles. The van der Waals surface area contributed by atoms with Crippen LogP contribution in [0.2, 0.25) is 0 Å². The van der Waals surface area contributed by atoms with Crippen molar-refractivity contribution in [3.8, 4) is 0 Å². The molecule has 4 heteroatoms. The van der Waals surface area contributed by atoms with E-state index in [-0.39, 0.29) is 12.1 Å². The van der Waals surface area contributed by atoms with Crippen LogP contribution in [0, 0.1) is 5.92 Å². The summed E-state index contributed by atoms with van der Waals surface area (Å²) < 4.78 is 0. The summed E-state index contributed by atoms with van der Waals surface area (Å²) in [6, 6.07) is 1.04. The van der Waals surface area contributed by atoms with Gasteiger partial charge in [0.1, 0.15) is 0 Å². The summed E-state index contributed by atoms with van der Waals surface area (Å²) in [5.41, 5.74) is -0.0796. The monoisotopic (exact) mass is 269 g/mol. The summed E-state index contributed by atoms with van der Waals surface area (Å²) in [4.78, 5) is 4.96. The first-order valence-corrected chi connectivity index (χ1v) is 7.78. The SMILES string of the molecule is CC(C)NC(CO)(CN1CCN(C)C(C)C1)C1CC1. The fraction of sp³-hybridized carbons (Fsp3) is 1.00. The number of likely N-dealkylation sites (N-methyl/N-ethyl adjacent to an activating group) is 1. The summed E-state index contributed by atoms with van der Waals surface area (Å²) >= 11 is 0. The lowest BCUT2D eigenvalue weighted by atomic mass is 9.91. The predicted octanol–water partition coefficient (Wildman–Crippen LogP) is 0.761. The number of hydrogen-bond acceptors (Lipinski definition) is 4. The van der Waals surface area contributed by atoms with Crippen LogP contribution in [0.5, 0.6) is 0 Å². The Bertz CT molecular complexity index is 293. The standard InChI is InChI=1S/C15H31N3O/c1-12(2)16-15(11-19,14-5-6-14)10-18-8-7-17(4)13(3)9-18/h12-14,16,19H,5-11H2,1-4H3. The fourth-order valence-corrected chi connectivity index (χ4v) is 3.39. The molecule has 2 unspecified atom stereocenters. The summed E-state index contributed by atoms with van der Waals surface area (Å²) in [7, 11) is 2.20. The number of rotatable bonds is 6. The fourth-order valence-electron chi connectivity index (χ4n) is 3.39. The number of hydrogen-bond donors (Lipinski definition) is 2. The van der Waals surface area contributed by atoms with Crippen LogP contribution in [0.15, 0.2) is 0 Å². The van der Waals surface area contributed by atoms with Gasteiger partial charge in [-0.2, -0.15) is 0 Å². The van der Waals surface area contributed by atoms with Crippen LogP contribution in [-0.4, -0.2) is 72.4 Å². The lowest BCUT2D eigenvalue weighted by Gasteiger charge is -2.44. The molecule has 112 valence electrons. The molecular weight excluding hydrogens is 238 g/mol. The van der Waals surface area contributed by atoms with Crippen molar-refractivity contribution < 1.29 is 5.11 Å². The van der Waals surface area contributed by atoms with Crippen LogP contribution in [0.4, 0.5) is 0 Å². The zero-order chi connectivity index (χ0) is 14.0. The van der Waals surface area contributed by atoms with Gasteiger partial charge in [-0.15, -0.1) is 0 Å². The van der Waals surface area contributed by atoms with Crippen LogP contribution in [-0.2, 0) is 0 Å². The van der Waals surface area contributed by atoms with Crippen molar-refractivity contribution in [3.05, 3.63) is 0 Å². The van der Waals surface area contributed by atoms with E-state index in [0.29, 0.717) is 18.0 Å². The van der Waals surface area contributed by atoms with Crippen LogP contribution in [0.25, 0.3) is 0 Å². The summed E-state index contributed by atoms with van der Waals surface area (Å²) in [5, 5.41) is 13.7. The first kappa shape index (κ1) is 15.2. The maximum absolute atomic E-state index is 9.98. The smallest absolute Gasteiger partial charge is 0.0628 e. The normalized spacial score (nSPS) is 29.7. The van der Waals surface area contributed by atoms with Gasteiger partial charge in [0, 0.05) is 38.3 Å². The van der Waals surface area contributed by atoms with E-state index in [1.54, 1.807) is 0 Å². The van der Waals surface area contributed by atoms with E-state index in [0.717, 1.165) is 26.2 Å². The quantitative estimate of drug-likeness (QED) is 0.747. The summed E-state index contributed by atoms with van der Waals surface area (Å²) in [6.45, 7) is 11.3. The molecule has 19 heavy (non-hydrogen) atoms. The lowest BCUT2D eigenvalue weighted by Crippen LogP contribution is -2.62. The Hall–Kier alpha value is -0.160. The van der Waals surface area contributed by atoms with E-state index < -0.39 is 0 Å². The van der Waals surface area contributed by atoms with Crippen molar-refractivity contribution in [2.75, 3.05) is 39.8 Å². The van der Waals surface area contributed by atoms with Gasteiger partial charge in [0.05, 0.1) is 12.1 Å². The number of piperazine rings is 1. The second kappa shape index (κ2) is 6.08. The zero-order valence-corrected chi connectivity index (χ0v) is 13.0. The molecule has 2 N–H and O–H groups in total. The van der Waals surface area contributed by atoms with E-state index in [1.165, 1.54) is 12.8 Å². The molecule has 2 rings (SSSR count). The lowest BCUT2D eigenvalue weighted by molar-refractivity contribution is 0.0430. The molecule has 0 radical (unpaired) electrons. The topological polar surface area (TPSA) is 38.7 Å². The van der Waals surface area contributed by atoms with Gasteiger partial charge in [-0.3, -0.25) is 4.90 Å². The predicted molar refractivity (Wildman–Crippen MR) is 79.3 cm³/mol. The van der Waals surface area contributed by atoms with Gasteiger partial charge in [-0.05, 0) is 32.7 Å². The van der Waals surface area contributed by atoms with Crippen molar-refractivity contribution in [1.29, 1.82) is 0 Å². The summed E-state index contributed by atoms with van der Waals surface area (Å²) in [5.74, 6) is 0.662. The van der Waals surface area contributed by atoms with Crippen LogP contribution < -0.4 is 5.32 Å². The third-order valence-corrected chi connectivity index (χ3v) is 4.77. The minimum Gasteiger partial charge on any atom is -0.394 e. The average molecular weight is 269 g/mol. The van der Waals surface area contributed by atoms with Gasteiger partial charge >= 0.3 is 0 Å². The molecule has 0 spiro atoms. The maximum atomic E-state index is 9.98. The van der Waals surface area contributed by atoms with Crippen LogP contribution >= 0.6 is 0 Å². The second-order valence-corrected chi connectivity index (χ2v) is 6.95. The van der Waals surface area contributed by atoms with E-state index in [4.69, 9.17) is 0 Å². The van der Waals surface area contributed by atoms with Gasteiger partial charge in [-0.25, -0.2) is 0 Å². The van der Waals surface area contributed by atoms with Crippen LogP contribution in [0.3, 0.4) is 0 Å². The van der Waals surface area contributed by atoms with Gasteiger partial charge in [0.2, 0.25) is 0 Å². The minimum absolute atomic E-state index is 0.0796. The highest BCUT2D eigenvalue weighted by atomic mass is 16.3. The molecule has 2 atom stereocenters. The Morgan fingerprint density at radius 3 is 2.47 bits per heavy atom. The minimum atomic E-state index is -0.0796. The Labute approximate surface area is 118 Å². The van der Waals surface area contributed by atoms with E-state index in [1.807, 2.05) is 0 Å². The van der Waals surface area contributed by atoms with Crippen molar-refractivity contribution in [2.24, 2.45) is 5.92 Å². The Kier molecular flexibility index (Phi) is 4.88. The zero-order valence-electron chi connectivity index (χ0n) is 13.0. The van der Waals surface area contributed by atoms with E-state index in [9.17, 15) is 5.11 Å². The van der Waals surface area contributed by atoms with Crippen molar-refractivity contribution >= 4 is 0 Å². The molecule has 1 saturated heterocycles. The molecule has 2 aliphatic rings. The van der Waals surface area contributed by atoms with Crippen molar-refractivity contribution in [3.63, 3.8) is 0 Å². The van der Waals surface area contributed by atoms with Gasteiger partial charge < -0.3 is 15.3 Å². The molecule has 0 amide bonds. The molecule has 4 nitrogen and oxygen atoms in total. The molecule has 1 heterocycles. The third kappa shape index (κ3) is 3.69. The number of aliphatic hydroxyl groups is 1. The summed E-state index contributed by atoms with van der Waals surface area (Å²) in [6.07, 6.45) is 2.53. The third-order valence-electron chi connectivity index (χ3n) is 4.77.